The molecule has 0 unspecified atom stereocenters. The molecule has 2 aromatic rings. The first kappa shape index (κ1) is 15.6. The second-order valence-electron chi connectivity index (χ2n) is 4.62. The first-order valence-corrected chi connectivity index (χ1v) is 6.87. The van der Waals surface area contributed by atoms with E-state index in [-0.39, 0.29) is 17.9 Å². The lowest BCUT2D eigenvalue weighted by atomic mass is 10.1. The second kappa shape index (κ2) is 7.31. The Balaban J connectivity index is 2.05. The van der Waals surface area contributed by atoms with E-state index in [1.807, 2.05) is 6.92 Å². The molecule has 0 bridgehead atoms. The molecule has 0 spiro atoms. The number of hydrogen-bond donors (Lipinski definition) is 1. The molecule has 0 atom stereocenters. The smallest absolute Gasteiger partial charge is 0.260 e. The molecule has 0 radical (unpaired) electrons. The van der Waals surface area contributed by atoms with Crippen LogP contribution in [0.4, 0.5) is 4.39 Å². The molecule has 0 aliphatic carbocycles. The van der Waals surface area contributed by atoms with Crippen LogP contribution >= 0.6 is 0 Å². The molecule has 2 rings (SSSR count). The van der Waals surface area contributed by atoms with Gasteiger partial charge in [0, 0.05) is 12.3 Å². The van der Waals surface area contributed by atoms with Crippen LogP contribution in [0.1, 0.15) is 18.9 Å². The fourth-order valence-corrected chi connectivity index (χ4v) is 1.90. The third-order valence-corrected chi connectivity index (χ3v) is 3.04. The zero-order chi connectivity index (χ0) is 15.9. The average molecular weight is 301 g/mol. The Morgan fingerprint density at radius 3 is 2.59 bits per heavy atom. The van der Waals surface area contributed by atoms with Crippen LogP contribution in [-0.2, 0) is 11.3 Å². The van der Waals surface area contributed by atoms with Gasteiger partial charge in [0.2, 0.25) is 0 Å². The van der Waals surface area contributed by atoms with Gasteiger partial charge in [-0.05, 0) is 30.2 Å². The standard InChI is InChI=1S/C16H16FN3O2/c1-2-14(12-6-8-13(17)9-7-12)18-19-15(21)11-20-10-4-3-5-16(20)22/h3-10H,2,11H2,1H3,(H,19,21)/b18-14-. The molecule has 114 valence electrons. The van der Waals surface area contributed by atoms with E-state index in [0.29, 0.717) is 12.1 Å². The van der Waals surface area contributed by atoms with Gasteiger partial charge in [-0.1, -0.05) is 25.1 Å². The molecule has 22 heavy (non-hydrogen) atoms. The number of hydrazone groups is 1. The molecular formula is C16H16FN3O2. The van der Waals surface area contributed by atoms with E-state index in [9.17, 15) is 14.0 Å². The number of carbonyl (C=O) groups is 1. The topological polar surface area (TPSA) is 63.5 Å². The number of amides is 1. The van der Waals surface area contributed by atoms with E-state index in [4.69, 9.17) is 0 Å². The summed E-state index contributed by atoms with van der Waals surface area (Å²) < 4.78 is 14.2. The predicted octanol–water partition coefficient (Wildman–Crippen LogP) is 1.92. The Labute approximate surface area is 127 Å². The van der Waals surface area contributed by atoms with Crippen LogP contribution < -0.4 is 11.0 Å². The molecule has 1 heterocycles. The number of carbonyl (C=O) groups excluding carboxylic acids is 1. The van der Waals surface area contributed by atoms with E-state index in [0.717, 1.165) is 5.56 Å². The zero-order valence-corrected chi connectivity index (χ0v) is 12.1. The lowest BCUT2D eigenvalue weighted by molar-refractivity contribution is -0.121. The van der Waals surface area contributed by atoms with Gasteiger partial charge in [-0.25, -0.2) is 9.82 Å². The summed E-state index contributed by atoms with van der Waals surface area (Å²) in [5.41, 5.74) is 3.53. The van der Waals surface area contributed by atoms with Gasteiger partial charge < -0.3 is 4.57 Å². The van der Waals surface area contributed by atoms with Crippen molar-refractivity contribution in [2.24, 2.45) is 5.10 Å². The highest BCUT2D eigenvalue weighted by Gasteiger charge is 2.05. The normalized spacial score (nSPS) is 11.3. The molecule has 0 fully saturated rings. The van der Waals surface area contributed by atoms with Crippen LogP contribution in [0.3, 0.4) is 0 Å². The van der Waals surface area contributed by atoms with Gasteiger partial charge in [-0.3, -0.25) is 9.59 Å². The highest BCUT2D eigenvalue weighted by atomic mass is 19.1. The number of aromatic nitrogens is 1. The summed E-state index contributed by atoms with van der Waals surface area (Å²) in [5, 5.41) is 4.05. The van der Waals surface area contributed by atoms with Crippen LogP contribution in [0.15, 0.2) is 58.6 Å². The minimum Gasteiger partial charge on any atom is -0.306 e. The third kappa shape index (κ3) is 4.12. The molecule has 1 aromatic heterocycles. The predicted molar refractivity (Wildman–Crippen MR) is 82.1 cm³/mol. The van der Waals surface area contributed by atoms with Gasteiger partial charge in [-0.15, -0.1) is 0 Å². The van der Waals surface area contributed by atoms with Crippen LogP contribution in [0, 0.1) is 5.82 Å². The van der Waals surface area contributed by atoms with Crippen molar-refractivity contribution in [3.8, 4) is 0 Å². The van der Waals surface area contributed by atoms with Gasteiger partial charge in [0.25, 0.3) is 11.5 Å². The number of pyridine rings is 1. The lowest BCUT2D eigenvalue weighted by Gasteiger charge is -2.06. The van der Waals surface area contributed by atoms with Crippen molar-refractivity contribution >= 4 is 11.6 Å². The van der Waals surface area contributed by atoms with E-state index < -0.39 is 5.91 Å². The first-order chi connectivity index (χ1) is 10.6. The summed E-state index contributed by atoms with van der Waals surface area (Å²) in [6.45, 7) is 1.78. The Morgan fingerprint density at radius 1 is 1.23 bits per heavy atom. The van der Waals surface area contributed by atoms with Gasteiger partial charge >= 0.3 is 0 Å². The maximum atomic E-state index is 12.9. The summed E-state index contributed by atoms with van der Waals surface area (Å²) in [6, 6.07) is 10.5. The summed E-state index contributed by atoms with van der Waals surface area (Å²) >= 11 is 0. The molecule has 0 aliphatic heterocycles. The molecule has 0 saturated carbocycles. The Bertz CT molecular complexity index is 736. The monoisotopic (exact) mass is 301 g/mol. The minimum atomic E-state index is -0.402. The highest BCUT2D eigenvalue weighted by Crippen LogP contribution is 2.06. The van der Waals surface area contributed by atoms with E-state index in [2.05, 4.69) is 10.5 Å². The van der Waals surface area contributed by atoms with Gasteiger partial charge in [0.05, 0.1) is 5.71 Å². The largest absolute Gasteiger partial charge is 0.306 e. The molecule has 5 nitrogen and oxygen atoms in total. The number of nitrogens with zero attached hydrogens (tertiary/aromatic N) is 2. The van der Waals surface area contributed by atoms with Crippen molar-refractivity contribution in [1.82, 2.24) is 9.99 Å². The number of nitrogens with one attached hydrogen (secondary N) is 1. The zero-order valence-electron chi connectivity index (χ0n) is 12.1. The molecule has 1 N–H and O–H groups in total. The van der Waals surface area contributed by atoms with Crippen molar-refractivity contribution < 1.29 is 9.18 Å². The van der Waals surface area contributed by atoms with Crippen molar-refractivity contribution in [2.45, 2.75) is 19.9 Å². The van der Waals surface area contributed by atoms with E-state index >= 15 is 0 Å². The maximum Gasteiger partial charge on any atom is 0.260 e. The molecule has 0 saturated heterocycles. The summed E-state index contributed by atoms with van der Waals surface area (Å²) in [7, 11) is 0. The summed E-state index contributed by atoms with van der Waals surface area (Å²) in [6.07, 6.45) is 2.11. The molecular weight excluding hydrogens is 285 g/mol. The van der Waals surface area contributed by atoms with Crippen LogP contribution in [0.25, 0.3) is 0 Å². The molecule has 1 aromatic carbocycles. The molecule has 6 heteroatoms. The summed E-state index contributed by atoms with van der Waals surface area (Å²) in [4.78, 5) is 23.3. The highest BCUT2D eigenvalue weighted by molar-refractivity contribution is 6.00. The maximum absolute atomic E-state index is 12.9. The van der Waals surface area contributed by atoms with E-state index in [1.165, 1.54) is 29.0 Å². The van der Waals surface area contributed by atoms with Gasteiger partial charge in [0.1, 0.15) is 12.4 Å². The Hall–Kier alpha value is -2.76. The number of rotatable bonds is 5. The van der Waals surface area contributed by atoms with Gasteiger partial charge in [0.15, 0.2) is 0 Å². The number of hydrogen-bond acceptors (Lipinski definition) is 3. The fraction of sp³-hybridized carbons (Fsp3) is 0.188. The van der Waals surface area contributed by atoms with Gasteiger partial charge in [-0.2, -0.15) is 5.10 Å². The van der Waals surface area contributed by atoms with Crippen molar-refractivity contribution in [3.63, 3.8) is 0 Å². The third-order valence-electron chi connectivity index (χ3n) is 3.04. The molecule has 0 aliphatic rings. The molecule has 1 amide bonds. The Kier molecular flexibility index (Phi) is 5.19. The summed E-state index contributed by atoms with van der Waals surface area (Å²) in [5.74, 6) is -0.729. The lowest BCUT2D eigenvalue weighted by Crippen LogP contribution is -2.29. The number of benzene rings is 1. The quantitative estimate of drug-likeness (QED) is 0.677. The average Bonchev–Trinajstić information content (AvgIpc) is 2.52. The fourth-order valence-electron chi connectivity index (χ4n) is 1.90. The van der Waals surface area contributed by atoms with Crippen LogP contribution in [0.5, 0.6) is 0 Å². The van der Waals surface area contributed by atoms with Crippen molar-refractivity contribution in [2.75, 3.05) is 0 Å². The second-order valence-corrected chi connectivity index (χ2v) is 4.62. The minimum absolute atomic E-state index is 0.108. The van der Waals surface area contributed by atoms with Crippen molar-refractivity contribution in [1.29, 1.82) is 0 Å². The van der Waals surface area contributed by atoms with E-state index in [1.54, 1.807) is 24.3 Å². The Morgan fingerprint density at radius 2 is 1.95 bits per heavy atom. The van der Waals surface area contributed by atoms with Crippen molar-refractivity contribution in [3.05, 3.63) is 70.4 Å². The number of halogens is 1. The van der Waals surface area contributed by atoms with Crippen LogP contribution in [-0.4, -0.2) is 16.2 Å². The van der Waals surface area contributed by atoms with Crippen LogP contribution in [0.2, 0.25) is 0 Å². The SMILES string of the molecule is CC/C(=N/NC(=O)Cn1ccccc1=O)c1ccc(F)cc1. The first-order valence-electron chi connectivity index (χ1n) is 6.87.